The number of phenolic OH excluding ortho intramolecular Hbond substituents is 1. The van der Waals surface area contributed by atoms with Crippen LogP contribution in [-0.2, 0) is 10.4 Å². The molecule has 1 aromatic carbocycles. The molecule has 7 heteroatoms. The fraction of sp³-hybridized carbons (Fsp3) is 0. The van der Waals surface area contributed by atoms with E-state index in [9.17, 15) is 0 Å². The molecule has 0 radical (unpaired) electrons. The van der Waals surface area contributed by atoms with Crippen LogP contribution in [-0.4, -0.2) is 22.6 Å². The smallest absolute Gasteiger partial charge is 0.534 e. The molecule has 1 rings (SSSR count). The summed E-state index contributed by atoms with van der Waals surface area (Å²) in [5.74, 6) is 0.197. The number of phenols is 1. The summed E-state index contributed by atoms with van der Waals surface area (Å²) in [4.78, 5) is 0. The van der Waals surface area contributed by atoms with Crippen molar-refractivity contribution in [1.82, 2.24) is 0 Å². The van der Waals surface area contributed by atoms with Crippen LogP contribution in [0.2, 0.25) is 0 Å². The zero-order valence-electron chi connectivity index (χ0n) is 6.88. The van der Waals surface area contributed by atoms with E-state index in [0.717, 1.165) is 0 Å². The molecule has 0 spiro atoms. The summed E-state index contributed by atoms with van der Waals surface area (Å²) in [5, 5.41) is 8.58. The van der Waals surface area contributed by atoms with E-state index in [1.807, 2.05) is 0 Å². The predicted molar refractivity (Wildman–Crippen MR) is 41.1 cm³/mol. The zero-order valence-corrected chi connectivity index (χ0v) is 9.69. The molecule has 0 saturated heterocycles. The Labute approximate surface area is 98.3 Å². The van der Waals surface area contributed by atoms with E-state index in [4.69, 9.17) is 22.6 Å². The Morgan fingerprint density at radius 2 is 1.69 bits per heavy atom. The van der Waals surface area contributed by atoms with Gasteiger partial charge in [0.2, 0.25) is 0 Å². The molecule has 0 heterocycles. The first-order chi connectivity index (χ1) is 5.39. The summed E-state index contributed by atoms with van der Waals surface area (Å²) < 4.78 is 31.6. The minimum Gasteiger partial charge on any atom is -0.534 e. The summed E-state index contributed by atoms with van der Waals surface area (Å²) in [6.07, 6.45) is 0. The molecule has 0 aliphatic rings. The second-order valence-electron chi connectivity index (χ2n) is 1.70. The molecule has 3 N–H and O–H groups in total. The van der Waals surface area contributed by atoms with Gasteiger partial charge in [0, 0.05) is 5.75 Å². The van der Waals surface area contributed by atoms with Crippen molar-refractivity contribution in [1.29, 1.82) is 0 Å². The fourth-order valence-corrected chi connectivity index (χ4v) is 0.384. The van der Waals surface area contributed by atoms with Crippen molar-refractivity contribution in [2.75, 3.05) is 0 Å². The Balaban J connectivity index is 0. The standard InChI is InChI=1S/C6H5O.Na.H2O4S/c7-6-4-2-1-3-5-6;;1-5(2,3)4/h1-4,7H;;(H2,1,2,3,4)/q-1;+1;. The quantitative estimate of drug-likeness (QED) is 0.253. The average molecular weight is 214 g/mol. The van der Waals surface area contributed by atoms with Crippen molar-refractivity contribution in [2.45, 2.75) is 0 Å². The molecule has 0 atom stereocenters. The van der Waals surface area contributed by atoms with Gasteiger partial charge in [-0.25, -0.2) is 0 Å². The number of rotatable bonds is 0. The van der Waals surface area contributed by atoms with Gasteiger partial charge in [0.15, 0.2) is 0 Å². The third-order valence-corrected chi connectivity index (χ3v) is 0.693. The van der Waals surface area contributed by atoms with Crippen molar-refractivity contribution in [2.24, 2.45) is 0 Å². The molecule has 0 aliphatic heterocycles. The minimum absolute atomic E-state index is 0. The number of para-hydroxylation sites is 1. The monoisotopic (exact) mass is 214 g/mol. The van der Waals surface area contributed by atoms with Crippen LogP contribution in [0.1, 0.15) is 0 Å². The maximum Gasteiger partial charge on any atom is 1.00 e. The van der Waals surface area contributed by atoms with Crippen molar-refractivity contribution in [3.05, 3.63) is 30.3 Å². The summed E-state index contributed by atoms with van der Waals surface area (Å²) in [6.45, 7) is 0. The largest absolute Gasteiger partial charge is 1.00 e. The molecule has 0 fully saturated rings. The Morgan fingerprint density at radius 3 is 1.85 bits per heavy atom. The van der Waals surface area contributed by atoms with Gasteiger partial charge in [0.25, 0.3) is 0 Å². The predicted octanol–water partition coefficient (Wildman–Crippen LogP) is -2.46. The molecule has 1 aromatic rings. The molecular formula is C6H7NaO5S. The van der Waals surface area contributed by atoms with Gasteiger partial charge in [0.1, 0.15) is 0 Å². The van der Waals surface area contributed by atoms with Gasteiger partial charge in [-0.3, -0.25) is 9.11 Å². The van der Waals surface area contributed by atoms with E-state index in [0.29, 0.717) is 0 Å². The second kappa shape index (κ2) is 7.31. The van der Waals surface area contributed by atoms with E-state index in [1.54, 1.807) is 24.3 Å². The zero-order chi connectivity index (χ0) is 9.61. The van der Waals surface area contributed by atoms with Gasteiger partial charge in [-0.2, -0.15) is 26.6 Å². The van der Waals surface area contributed by atoms with E-state index in [2.05, 4.69) is 6.07 Å². The number of hydrogen-bond donors (Lipinski definition) is 3. The Bertz CT molecular complexity index is 301. The van der Waals surface area contributed by atoms with Gasteiger partial charge in [-0.05, 0) is 0 Å². The fourth-order valence-electron chi connectivity index (χ4n) is 0.384. The molecule has 13 heavy (non-hydrogen) atoms. The van der Waals surface area contributed by atoms with Gasteiger partial charge < -0.3 is 5.11 Å². The maximum absolute atomic E-state index is 8.74. The first-order valence-electron chi connectivity index (χ1n) is 2.75. The van der Waals surface area contributed by atoms with Crippen LogP contribution in [0, 0.1) is 6.07 Å². The Morgan fingerprint density at radius 1 is 1.23 bits per heavy atom. The summed E-state index contributed by atoms with van der Waals surface area (Å²) in [5.41, 5.74) is 0. The molecule has 68 valence electrons. The van der Waals surface area contributed by atoms with Gasteiger partial charge in [0.05, 0.1) is 0 Å². The van der Waals surface area contributed by atoms with Crippen LogP contribution >= 0.6 is 0 Å². The van der Waals surface area contributed by atoms with E-state index in [1.165, 1.54) is 0 Å². The molecule has 0 aromatic heterocycles. The third-order valence-electron chi connectivity index (χ3n) is 0.693. The van der Waals surface area contributed by atoms with Crippen molar-refractivity contribution >= 4 is 10.4 Å². The van der Waals surface area contributed by atoms with Crippen LogP contribution < -0.4 is 29.6 Å². The third kappa shape index (κ3) is 18.7. The topological polar surface area (TPSA) is 94.8 Å². The summed E-state index contributed by atoms with van der Waals surface area (Å²) in [7, 11) is -4.67. The average Bonchev–Trinajstić information content (AvgIpc) is 1.85. The van der Waals surface area contributed by atoms with Gasteiger partial charge in [-0.15, -0.1) is 12.1 Å². The molecule has 0 amide bonds. The number of aromatic hydroxyl groups is 1. The van der Waals surface area contributed by atoms with Crippen LogP contribution in [0.5, 0.6) is 5.75 Å². The summed E-state index contributed by atoms with van der Waals surface area (Å²) in [6, 6.07) is 9.39. The Kier molecular flexibility index (Phi) is 8.64. The molecule has 0 bridgehead atoms. The van der Waals surface area contributed by atoms with Crippen LogP contribution in [0.3, 0.4) is 0 Å². The molecule has 0 saturated carbocycles. The van der Waals surface area contributed by atoms with E-state index >= 15 is 0 Å². The van der Waals surface area contributed by atoms with Crippen molar-refractivity contribution in [3.8, 4) is 5.75 Å². The van der Waals surface area contributed by atoms with E-state index in [-0.39, 0.29) is 35.3 Å². The molecular weight excluding hydrogens is 207 g/mol. The minimum atomic E-state index is -4.67. The SMILES string of the molecule is O=S(=O)(O)O.Oc1[c-]cccc1.[Na+]. The second-order valence-corrected chi connectivity index (χ2v) is 2.59. The van der Waals surface area contributed by atoms with Crippen molar-refractivity contribution < 1.29 is 52.2 Å². The van der Waals surface area contributed by atoms with Gasteiger partial charge >= 0.3 is 40.0 Å². The first kappa shape index (κ1) is 15.4. The maximum atomic E-state index is 8.74. The van der Waals surface area contributed by atoms with Crippen molar-refractivity contribution in [3.63, 3.8) is 0 Å². The van der Waals surface area contributed by atoms with Crippen LogP contribution in [0.25, 0.3) is 0 Å². The molecule has 5 nitrogen and oxygen atoms in total. The number of hydrogen-bond acceptors (Lipinski definition) is 3. The molecule has 0 unspecified atom stereocenters. The number of benzene rings is 1. The normalized spacial score (nSPS) is 9.08. The van der Waals surface area contributed by atoms with Gasteiger partial charge in [-0.1, -0.05) is 0 Å². The summed E-state index contributed by atoms with van der Waals surface area (Å²) >= 11 is 0. The Hall–Kier alpha value is -0.110. The van der Waals surface area contributed by atoms with E-state index < -0.39 is 10.4 Å². The first-order valence-corrected chi connectivity index (χ1v) is 4.15. The molecule has 0 aliphatic carbocycles. The van der Waals surface area contributed by atoms with Crippen LogP contribution in [0.15, 0.2) is 24.3 Å². The van der Waals surface area contributed by atoms with Crippen LogP contribution in [0.4, 0.5) is 0 Å².